The molecule has 0 radical (unpaired) electrons. The highest BCUT2D eigenvalue weighted by atomic mass is 32.1. The third-order valence-corrected chi connectivity index (χ3v) is 4.39. The number of hydrogen-bond acceptors (Lipinski definition) is 13. The van der Waals surface area contributed by atoms with E-state index in [1.54, 1.807) is 0 Å². The van der Waals surface area contributed by atoms with Crippen LogP contribution in [0.2, 0.25) is 0 Å². The maximum absolute atomic E-state index is 11.3. The van der Waals surface area contributed by atoms with Crippen molar-refractivity contribution in [3.05, 3.63) is 0 Å². The fraction of sp³-hybridized carbons (Fsp3) is 0.875. The van der Waals surface area contributed by atoms with Crippen molar-refractivity contribution in [2.75, 3.05) is 39.7 Å². The number of aliphatic hydroxyl groups is 7. The molecule has 0 aromatic carbocycles. The van der Waals surface area contributed by atoms with Gasteiger partial charge in [0.25, 0.3) is 5.91 Å². The summed E-state index contributed by atoms with van der Waals surface area (Å²) in [5.74, 6) is -1.35. The molecule has 1 amide bonds. The Hall–Kier alpha value is -1.07. The third-order valence-electron chi connectivity index (χ3n) is 4.17. The number of thiol groups is 1. The van der Waals surface area contributed by atoms with Gasteiger partial charge in [-0.05, 0) is 0 Å². The molecule has 13 nitrogen and oxygen atoms in total. The van der Waals surface area contributed by atoms with Crippen molar-refractivity contribution < 1.29 is 59.5 Å². The minimum atomic E-state index is -1.75. The van der Waals surface area contributed by atoms with E-state index < -0.39 is 73.9 Å². The van der Waals surface area contributed by atoms with E-state index in [1.807, 2.05) is 0 Å². The SMILES string of the molecule is CO[C@@H]1C(CO)OC(=O)C(O)[C@H]1O.CO[C@H](C(O)CO)[C@H](O)C(O)C(=O)NCCS. The molecular weight excluding hydrogens is 430 g/mol. The number of methoxy groups -OCH3 is 2. The van der Waals surface area contributed by atoms with Crippen molar-refractivity contribution in [1.82, 2.24) is 5.32 Å². The highest BCUT2D eigenvalue weighted by Gasteiger charge is 2.44. The number of carbonyl (C=O) groups is 2. The number of esters is 1. The van der Waals surface area contributed by atoms with Crippen LogP contribution in [0.3, 0.4) is 0 Å². The topological polar surface area (TPSA) is 215 Å². The van der Waals surface area contributed by atoms with Crippen LogP contribution in [0, 0.1) is 0 Å². The van der Waals surface area contributed by atoms with Crippen LogP contribution in [-0.2, 0) is 23.8 Å². The second-order valence-corrected chi connectivity index (χ2v) is 6.64. The Morgan fingerprint density at radius 1 is 1.23 bits per heavy atom. The number of amides is 1. The molecular formula is C16H31NO12S. The summed E-state index contributed by atoms with van der Waals surface area (Å²) in [6.07, 6.45) is -10.8. The molecule has 178 valence electrons. The summed E-state index contributed by atoms with van der Waals surface area (Å²) in [5.41, 5.74) is 0. The molecule has 1 aliphatic heterocycles. The van der Waals surface area contributed by atoms with Crippen LogP contribution in [-0.4, -0.2) is 136 Å². The largest absolute Gasteiger partial charge is 0.455 e. The lowest BCUT2D eigenvalue weighted by Gasteiger charge is -2.35. The average molecular weight is 461 g/mol. The number of nitrogens with one attached hydrogen (secondary N) is 1. The Morgan fingerprint density at radius 2 is 1.83 bits per heavy atom. The Morgan fingerprint density at radius 3 is 2.27 bits per heavy atom. The molecule has 1 saturated heterocycles. The fourth-order valence-electron chi connectivity index (χ4n) is 2.50. The molecule has 0 aromatic heterocycles. The molecule has 1 heterocycles. The van der Waals surface area contributed by atoms with Crippen LogP contribution in [0.1, 0.15) is 0 Å². The van der Waals surface area contributed by atoms with Gasteiger partial charge in [0, 0.05) is 26.5 Å². The summed E-state index contributed by atoms with van der Waals surface area (Å²) in [5, 5.41) is 66.6. The number of hydrogen-bond donors (Lipinski definition) is 9. The first-order valence-corrected chi connectivity index (χ1v) is 9.51. The number of ether oxygens (including phenoxy) is 3. The molecule has 14 heteroatoms. The average Bonchev–Trinajstić information content (AvgIpc) is 2.75. The van der Waals surface area contributed by atoms with Gasteiger partial charge < -0.3 is 55.3 Å². The van der Waals surface area contributed by atoms with Crippen LogP contribution in [0.4, 0.5) is 0 Å². The Bertz CT molecular complexity index is 511. The zero-order valence-electron chi connectivity index (χ0n) is 16.6. The predicted octanol–water partition coefficient (Wildman–Crippen LogP) is -5.24. The van der Waals surface area contributed by atoms with Gasteiger partial charge in [-0.25, -0.2) is 4.79 Å². The number of cyclic esters (lactones) is 1. The van der Waals surface area contributed by atoms with E-state index in [4.69, 9.17) is 24.8 Å². The first-order chi connectivity index (χ1) is 14.1. The zero-order chi connectivity index (χ0) is 23.4. The van der Waals surface area contributed by atoms with Crippen LogP contribution in [0.5, 0.6) is 0 Å². The first kappa shape index (κ1) is 28.9. The van der Waals surface area contributed by atoms with Crippen LogP contribution < -0.4 is 5.32 Å². The van der Waals surface area contributed by atoms with Crippen molar-refractivity contribution in [2.45, 2.75) is 48.8 Å². The van der Waals surface area contributed by atoms with Crippen molar-refractivity contribution in [2.24, 2.45) is 0 Å². The van der Waals surface area contributed by atoms with E-state index in [2.05, 4.69) is 22.7 Å². The Kier molecular flexibility index (Phi) is 14.3. The van der Waals surface area contributed by atoms with Gasteiger partial charge in [-0.15, -0.1) is 0 Å². The van der Waals surface area contributed by atoms with Gasteiger partial charge >= 0.3 is 5.97 Å². The van der Waals surface area contributed by atoms with Gasteiger partial charge in [0.15, 0.2) is 18.3 Å². The minimum Gasteiger partial charge on any atom is -0.455 e. The smallest absolute Gasteiger partial charge is 0.338 e. The molecule has 1 aliphatic rings. The lowest BCUT2D eigenvalue weighted by Crippen LogP contribution is -2.57. The highest BCUT2D eigenvalue weighted by Crippen LogP contribution is 2.18. The van der Waals surface area contributed by atoms with E-state index in [0.29, 0.717) is 5.75 Å². The van der Waals surface area contributed by atoms with Crippen LogP contribution in [0.25, 0.3) is 0 Å². The van der Waals surface area contributed by atoms with Crippen molar-refractivity contribution in [3.8, 4) is 0 Å². The Labute approximate surface area is 178 Å². The highest BCUT2D eigenvalue weighted by molar-refractivity contribution is 7.80. The maximum atomic E-state index is 11.3. The molecule has 30 heavy (non-hydrogen) atoms. The normalized spacial score (nSPS) is 27.7. The summed E-state index contributed by atoms with van der Waals surface area (Å²) < 4.78 is 14.1. The lowest BCUT2D eigenvalue weighted by atomic mass is 10.00. The van der Waals surface area contributed by atoms with E-state index in [0.717, 1.165) is 0 Å². The molecule has 8 atom stereocenters. The van der Waals surface area contributed by atoms with E-state index >= 15 is 0 Å². The molecule has 0 aliphatic carbocycles. The van der Waals surface area contributed by atoms with Gasteiger partial charge in [-0.3, -0.25) is 4.79 Å². The standard InChI is InChI=1S/C9H19NO6S.C7H12O6/c1-16-8(5(12)4-11)6(13)7(14)9(15)10-2-3-17;1-12-6-3(2-8)13-7(11)5(10)4(6)9/h5-8,11-14,17H,2-4H2,1H3,(H,10,15);3-6,8-10H,2H2,1H3/t5?,6-,7?,8-;3?,4-,5?,6-/m11/s1. The minimum absolute atomic E-state index is 0.242. The van der Waals surface area contributed by atoms with Gasteiger partial charge in [0.05, 0.1) is 13.2 Å². The second-order valence-electron chi connectivity index (χ2n) is 6.19. The molecule has 0 spiro atoms. The lowest BCUT2D eigenvalue weighted by molar-refractivity contribution is -0.211. The summed E-state index contributed by atoms with van der Waals surface area (Å²) in [7, 11) is 2.48. The van der Waals surface area contributed by atoms with Crippen molar-refractivity contribution in [1.29, 1.82) is 0 Å². The quantitative estimate of drug-likeness (QED) is 0.110. The number of aliphatic hydroxyl groups excluding tert-OH is 7. The van der Waals surface area contributed by atoms with Gasteiger partial charge in [0.2, 0.25) is 0 Å². The fourth-order valence-corrected chi connectivity index (χ4v) is 2.62. The molecule has 0 aromatic rings. The predicted molar refractivity (Wildman–Crippen MR) is 103 cm³/mol. The molecule has 0 saturated carbocycles. The van der Waals surface area contributed by atoms with E-state index in [-0.39, 0.29) is 6.54 Å². The zero-order valence-corrected chi connectivity index (χ0v) is 17.5. The summed E-state index contributed by atoms with van der Waals surface area (Å²) in [4.78, 5) is 22.2. The Balaban J connectivity index is 0.000000579. The second kappa shape index (κ2) is 14.9. The van der Waals surface area contributed by atoms with Crippen LogP contribution in [0.15, 0.2) is 0 Å². The first-order valence-electron chi connectivity index (χ1n) is 8.87. The van der Waals surface area contributed by atoms with E-state index in [9.17, 15) is 30.0 Å². The summed E-state index contributed by atoms with van der Waals surface area (Å²) in [6.45, 7) is -0.861. The van der Waals surface area contributed by atoms with E-state index in [1.165, 1.54) is 14.2 Å². The van der Waals surface area contributed by atoms with Crippen LogP contribution >= 0.6 is 12.6 Å². The monoisotopic (exact) mass is 461 g/mol. The molecule has 4 unspecified atom stereocenters. The number of rotatable bonds is 10. The van der Waals surface area contributed by atoms with Gasteiger partial charge in [-0.2, -0.15) is 12.6 Å². The third kappa shape index (κ3) is 8.22. The maximum Gasteiger partial charge on any atom is 0.338 e. The van der Waals surface area contributed by atoms with Crippen molar-refractivity contribution in [3.63, 3.8) is 0 Å². The molecule has 1 rings (SSSR count). The van der Waals surface area contributed by atoms with Crippen molar-refractivity contribution >= 4 is 24.5 Å². The molecule has 1 fully saturated rings. The molecule has 8 N–H and O–H groups in total. The summed E-state index contributed by atoms with van der Waals surface area (Å²) in [6, 6.07) is 0. The van der Waals surface area contributed by atoms with Gasteiger partial charge in [-0.1, -0.05) is 0 Å². The van der Waals surface area contributed by atoms with Gasteiger partial charge in [0.1, 0.15) is 30.5 Å². The number of carbonyl (C=O) groups excluding carboxylic acids is 2. The molecule has 0 bridgehead atoms. The summed E-state index contributed by atoms with van der Waals surface area (Å²) >= 11 is 3.87.